The lowest BCUT2D eigenvalue weighted by Gasteiger charge is -2.16. The van der Waals surface area contributed by atoms with Crippen molar-refractivity contribution in [2.75, 3.05) is 0 Å². The fourth-order valence-electron chi connectivity index (χ4n) is 3.15. The number of thiocarbonyl (C=S) groups is 1. The molecule has 1 aliphatic heterocycles. The number of hydrazine groups is 1. The van der Waals surface area contributed by atoms with E-state index in [-0.39, 0.29) is 16.1 Å². The molecule has 0 aromatic heterocycles. The van der Waals surface area contributed by atoms with Gasteiger partial charge in [-0.15, -0.1) is 0 Å². The van der Waals surface area contributed by atoms with Crippen LogP contribution in [0.5, 0.6) is 5.75 Å². The third-order valence-electron chi connectivity index (χ3n) is 4.87. The molecule has 0 spiro atoms. The molecule has 0 unspecified atom stereocenters. The molecule has 0 atom stereocenters. The Kier molecular flexibility index (Phi) is 7.13. The molecule has 1 fully saturated rings. The minimum atomic E-state index is -0.386. The number of carbonyl (C=O) groups is 2. The Morgan fingerprint density at radius 1 is 1.12 bits per heavy atom. The molecule has 5 nitrogen and oxygen atoms in total. The number of hydrogen-bond donors (Lipinski definition) is 1. The smallest absolute Gasteiger partial charge is 0.285 e. The van der Waals surface area contributed by atoms with Gasteiger partial charge in [0, 0.05) is 10.6 Å². The predicted octanol–water partition coefficient (Wildman–Crippen LogP) is 5.77. The number of aryl methyl sites for hydroxylation is 1. The monoisotopic (exact) mass is 494 g/mol. The van der Waals surface area contributed by atoms with E-state index in [4.69, 9.17) is 28.6 Å². The summed E-state index contributed by atoms with van der Waals surface area (Å²) in [6.45, 7) is 2.23. The molecule has 1 N–H and O–H groups in total. The molecule has 1 heterocycles. The fourth-order valence-corrected chi connectivity index (χ4v) is 4.45. The van der Waals surface area contributed by atoms with Crippen molar-refractivity contribution in [2.24, 2.45) is 0 Å². The lowest BCUT2D eigenvalue weighted by atomic mass is 10.1. The molecule has 0 radical (unpaired) electrons. The third-order valence-corrected chi connectivity index (χ3v) is 6.43. The molecule has 0 aliphatic carbocycles. The fraction of sp³-hybridized carbons (Fsp3) is 0.0800. The van der Waals surface area contributed by atoms with Crippen LogP contribution in [0.15, 0.2) is 77.7 Å². The van der Waals surface area contributed by atoms with E-state index in [1.807, 2.05) is 67.6 Å². The van der Waals surface area contributed by atoms with Crippen LogP contribution in [0.2, 0.25) is 5.02 Å². The second-order valence-corrected chi connectivity index (χ2v) is 9.37. The molecule has 0 bridgehead atoms. The Morgan fingerprint density at radius 2 is 1.88 bits per heavy atom. The van der Waals surface area contributed by atoms with E-state index >= 15 is 0 Å². The summed E-state index contributed by atoms with van der Waals surface area (Å²) >= 11 is 12.4. The summed E-state index contributed by atoms with van der Waals surface area (Å²) in [6.07, 6.45) is 1.73. The Bertz CT molecular complexity index is 1260. The number of benzene rings is 3. The van der Waals surface area contributed by atoms with Gasteiger partial charge in [0.1, 0.15) is 12.4 Å². The first-order chi connectivity index (χ1) is 15.9. The number of nitrogens with zero attached hydrogens (tertiary/aromatic N) is 1. The summed E-state index contributed by atoms with van der Waals surface area (Å²) in [5, 5.41) is 1.79. The van der Waals surface area contributed by atoms with Crippen LogP contribution in [0.1, 0.15) is 27.0 Å². The highest BCUT2D eigenvalue weighted by Crippen LogP contribution is 2.32. The number of ether oxygens (including phenoxy) is 1. The van der Waals surface area contributed by atoms with Gasteiger partial charge in [-0.3, -0.25) is 15.0 Å². The summed E-state index contributed by atoms with van der Waals surface area (Å²) in [5.74, 6) is -0.0929. The standard InChI is InChI=1S/C25H19ClN2O3S2/c1-16-5-2-3-8-21(16)23(29)27-28-24(30)22(33-25(28)32)14-18-6-4-7-20(13-18)31-15-17-9-11-19(26)12-10-17/h2-14H,15H2,1H3,(H,27,29)/b22-14+. The summed E-state index contributed by atoms with van der Waals surface area (Å²) < 4.78 is 6.13. The van der Waals surface area contributed by atoms with Crippen LogP contribution < -0.4 is 10.2 Å². The zero-order chi connectivity index (χ0) is 23.4. The van der Waals surface area contributed by atoms with Crippen molar-refractivity contribution < 1.29 is 14.3 Å². The Morgan fingerprint density at radius 3 is 2.64 bits per heavy atom. The highest BCUT2D eigenvalue weighted by molar-refractivity contribution is 8.26. The normalized spacial score (nSPS) is 14.6. The number of carbonyl (C=O) groups excluding carboxylic acids is 2. The summed E-state index contributed by atoms with van der Waals surface area (Å²) in [5.41, 5.74) is 5.69. The predicted molar refractivity (Wildman–Crippen MR) is 136 cm³/mol. The molecule has 4 rings (SSSR count). The van der Waals surface area contributed by atoms with Gasteiger partial charge < -0.3 is 4.74 Å². The van der Waals surface area contributed by atoms with Gasteiger partial charge in [0.15, 0.2) is 4.32 Å². The number of amides is 2. The molecule has 2 amide bonds. The summed E-state index contributed by atoms with van der Waals surface area (Å²) in [4.78, 5) is 25.9. The first-order valence-corrected chi connectivity index (χ1v) is 11.6. The van der Waals surface area contributed by atoms with Crippen LogP contribution in [0, 0.1) is 6.92 Å². The zero-order valence-electron chi connectivity index (χ0n) is 17.6. The van der Waals surface area contributed by atoms with E-state index in [0.717, 1.165) is 33.5 Å². The highest BCUT2D eigenvalue weighted by atomic mass is 35.5. The van der Waals surface area contributed by atoms with E-state index in [1.165, 1.54) is 0 Å². The van der Waals surface area contributed by atoms with Gasteiger partial charge >= 0.3 is 0 Å². The van der Waals surface area contributed by atoms with Gasteiger partial charge in [0.2, 0.25) is 0 Å². The Labute approximate surface area is 206 Å². The number of thioether (sulfide) groups is 1. The van der Waals surface area contributed by atoms with Crippen LogP contribution in [0.25, 0.3) is 6.08 Å². The lowest BCUT2D eigenvalue weighted by Crippen LogP contribution is -2.45. The molecule has 8 heteroatoms. The quantitative estimate of drug-likeness (QED) is 0.348. The molecule has 166 valence electrons. The number of halogens is 1. The maximum absolute atomic E-state index is 12.9. The minimum absolute atomic E-state index is 0.267. The third kappa shape index (κ3) is 5.63. The topological polar surface area (TPSA) is 58.6 Å². The van der Waals surface area contributed by atoms with Gasteiger partial charge in [-0.2, -0.15) is 5.01 Å². The highest BCUT2D eigenvalue weighted by Gasteiger charge is 2.34. The summed E-state index contributed by atoms with van der Waals surface area (Å²) in [7, 11) is 0. The van der Waals surface area contributed by atoms with E-state index < -0.39 is 0 Å². The summed E-state index contributed by atoms with van der Waals surface area (Å²) in [6, 6.07) is 22.0. The first kappa shape index (κ1) is 23.0. The van der Waals surface area contributed by atoms with E-state index in [1.54, 1.807) is 18.2 Å². The zero-order valence-corrected chi connectivity index (χ0v) is 20.0. The lowest BCUT2D eigenvalue weighted by molar-refractivity contribution is -0.123. The Balaban J connectivity index is 1.44. The Hall–Kier alpha value is -3.13. The van der Waals surface area contributed by atoms with Crippen LogP contribution in [-0.4, -0.2) is 21.1 Å². The molecular formula is C25H19ClN2O3S2. The molecule has 33 heavy (non-hydrogen) atoms. The maximum Gasteiger partial charge on any atom is 0.285 e. The average Bonchev–Trinajstić information content (AvgIpc) is 3.06. The molecule has 3 aromatic carbocycles. The molecule has 1 saturated heterocycles. The van der Waals surface area contributed by atoms with Crippen LogP contribution >= 0.6 is 35.6 Å². The van der Waals surface area contributed by atoms with Crippen molar-refractivity contribution in [3.05, 3.63) is 105 Å². The average molecular weight is 495 g/mol. The van der Waals surface area contributed by atoms with Crippen molar-refractivity contribution in [2.45, 2.75) is 13.5 Å². The van der Waals surface area contributed by atoms with Crippen LogP contribution in [0.3, 0.4) is 0 Å². The minimum Gasteiger partial charge on any atom is -0.489 e. The van der Waals surface area contributed by atoms with E-state index in [2.05, 4.69) is 5.43 Å². The molecule has 1 aliphatic rings. The van der Waals surface area contributed by atoms with E-state index in [0.29, 0.717) is 27.8 Å². The van der Waals surface area contributed by atoms with Crippen molar-refractivity contribution in [1.82, 2.24) is 10.4 Å². The van der Waals surface area contributed by atoms with Gasteiger partial charge in [0.25, 0.3) is 11.8 Å². The first-order valence-electron chi connectivity index (χ1n) is 10.0. The number of rotatable bonds is 6. The van der Waals surface area contributed by atoms with Crippen molar-refractivity contribution in [1.29, 1.82) is 0 Å². The van der Waals surface area contributed by atoms with Crippen LogP contribution in [0.4, 0.5) is 0 Å². The maximum atomic E-state index is 12.9. The number of nitrogens with one attached hydrogen (secondary N) is 1. The second-order valence-electron chi connectivity index (χ2n) is 7.26. The van der Waals surface area contributed by atoms with Gasteiger partial charge in [-0.25, -0.2) is 0 Å². The van der Waals surface area contributed by atoms with Gasteiger partial charge in [0.05, 0.1) is 4.91 Å². The SMILES string of the molecule is Cc1ccccc1C(=O)NN1C(=O)/C(=C\c2cccc(OCc3ccc(Cl)cc3)c2)SC1=S. The van der Waals surface area contributed by atoms with Crippen LogP contribution in [-0.2, 0) is 11.4 Å². The largest absolute Gasteiger partial charge is 0.489 e. The molecule has 3 aromatic rings. The van der Waals surface area contributed by atoms with Crippen molar-refractivity contribution in [3.63, 3.8) is 0 Å². The molecule has 0 saturated carbocycles. The van der Waals surface area contributed by atoms with E-state index in [9.17, 15) is 9.59 Å². The molecular weight excluding hydrogens is 476 g/mol. The van der Waals surface area contributed by atoms with Crippen molar-refractivity contribution in [3.8, 4) is 5.75 Å². The number of hydrogen-bond acceptors (Lipinski definition) is 5. The van der Waals surface area contributed by atoms with Gasteiger partial charge in [-0.05, 0) is 72.2 Å². The van der Waals surface area contributed by atoms with Gasteiger partial charge in [-0.1, -0.05) is 65.8 Å². The second kappa shape index (κ2) is 10.2. The van der Waals surface area contributed by atoms with Crippen molar-refractivity contribution >= 4 is 57.8 Å².